The Morgan fingerprint density at radius 1 is 0.968 bits per heavy atom. The quantitative estimate of drug-likeness (QED) is 0.484. The van der Waals surface area contributed by atoms with E-state index in [4.69, 9.17) is 5.14 Å². The number of fused-ring (bicyclic) bond motifs is 1. The average molecular weight is 434 g/mol. The lowest BCUT2D eigenvalue weighted by atomic mass is 10.1. The summed E-state index contributed by atoms with van der Waals surface area (Å²) in [6.07, 6.45) is 0. The third-order valence-corrected chi connectivity index (χ3v) is 6.16. The van der Waals surface area contributed by atoms with Crippen LogP contribution in [0.5, 0.6) is 0 Å². The molecule has 0 fully saturated rings. The molecule has 3 aromatic carbocycles. The van der Waals surface area contributed by atoms with Gasteiger partial charge in [0.2, 0.25) is 15.9 Å². The first-order valence-corrected chi connectivity index (χ1v) is 11.4. The number of hydrogen-bond donors (Lipinski definition) is 2. The standard InChI is InChI=1S/C24H23N3O3S/c1-17(19-11-7-12-21(14-19)31(25,29)30)26-24(28)16-27-22-13-6-5-10-20(22)15-23(27)18-8-3-2-4-9-18/h2-15,17H,16H2,1H3,(H,26,28)(H2,25,29,30). The largest absolute Gasteiger partial charge is 0.348 e. The number of nitrogens with two attached hydrogens (primary N) is 1. The molecule has 1 heterocycles. The van der Waals surface area contributed by atoms with E-state index in [-0.39, 0.29) is 23.4 Å². The first-order valence-electron chi connectivity index (χ1n) is 9.89. The van der Waals surface area contributed by atoms with Gasteiger partial charge in [0, 0.05) is 16.6 Å². The van der Waals surface area contributed by atoms with Crippen molar-refractivity contribution in [2.45, 2.75) is 24.4 Å². The van der Waals surface area contributed by atoms with Crippen LogP contribution in [0.3, 0.4) is 0 Å². The number of sulfonamides is 1. The first kappa shape index (κ1) is 20.8. The number of carbonyl (C=O) groups excluding carboxylic acids is 1. The van der Waals surface area contributed by atoms with Gasteiger partial charge < -0.3 is 9.88 Å². The maximum Gasteiger partial charge on any atom is 0.240 e. The van der Waals surface area contributed by atoms with Crippen molar-refractivity contribution in [2.75, 3.05) is 0 Å². The zero-order valence-electron chi connectivity index (χ0n) is 17.0. The molecule has 4 rings (SSSR count). The van der Waals surface area contributed by atoms with Crippen LogP contribution in [-0.2, 0) is 21.4 Å². The van der Waals surface area contributed by atoms with Crippen LogP contribution in [0.4, 0.5) is 0 Å². The highest BCUT2D eigenvalue weighted by molar-refractivity contribution is 7.89. The molecule has 0 saturated carbocycles. The molecule has 0 spiro atoms. The summed E-state index contributed by atoms with van der Waals surface area (Å²) in [7, 11) is -3.81. The van der Waals surface area contributed by atoms with E-state index < -0.39 is 10.0 Å². The lowest BCUT2D eigenvalue weighted by molar-refractivity contribution is -0.122. The van der Waals surface area contributed by atoms with Gasteiger partial charge in [-0.1, -0.05) is 60.7 Å². The Morgan fingerprint density at radius 2 is 1.68 bits per heavy atom. The van der Waals surface area contributed by atoms with Gasteiger partial charge in [0.15, 0.2) is 0 Å². The Bertz CT molecular complexity index is 1350. The Labute approximate surface area is 181 Å². The van der Waals surface area contributed by atoms with E-state index in [1.165, 1.54) is 12.1 Å². The normalized spacial score (nSPS) is 12.6. The second kappa shape index (κ2) is 8.37. The summed E-state index contributed by atoms with van der Waals surface area (Å²) < 4.78 is 25.2. The van der Waals surface area contributed by atoms with Crippen LogP contribution in [0, 0.1) is 0 Å². The highest BCUT2D eigenvalue weighted by Gasteiger charge is 2.17. The molecule has 0 aliphatic carbocycles. The van der Waals surface area contributed by atoms with E-state index in [0.29, 0.717) is 5.56 Å². The number of nitrogens with zero attached hydrogens (tertiary/aromatic N) is 1. The summed E-state index contributed by atoms with van der Waals surface area (Å²) in [4.78, 5) is 13.0. The molecule has 6 nitrogen and oxygen atoms in total. The van der Waals surface area contributed by atoms with Crippen molar-refractivity contribution in [3.05, 3.63) is 90.5 Å². The fraction of sp³-hybridized carbons (Fsp3) is 0.125. The molecular weight excluding hydrogens is 410 g/mol. The van der Waals surface area contributed by atoms with E-state index in [1.807, 2.05) is 66.1 Å². The van der Waals surface area contributed by atoms with Crippen LogP contribution in [0.2, 0.25) is 0 Å². The van der Waals surface area contributed by atoms with Crippen LogP contribution in [-0.4, -0.2) is 18.9 Å². The highest BCUT2D eigenvalue weighted by atomic mass is 32.2. The van der Waals surface area contributed by atoms with Crippen LogP contribution < -0.4 is 10.5 Å². The van der Waals surface area contributed by atoms with Gasteiger partial charge in [-0.3, -0.25) is 4.79 Å². The number of rotatable bonds is 6. The Balaban J connectivity index is 1.61. The van der Waals surface area contributed by atoms with Gasteiger partial charge in [0.25, 0.3) is 0 Å². The van der Waals surface area contributed by atoms with Gasteiger partial charge in [0.1, 0.15) is 6.54 Å². The molecule has 7 heteroatoms. The van der Waals surface area contributed by atoms with Gasteiger partial charge >= 0.3 is 0 Å². The Kier molecular flexibility index (Phi) is 5.63. The monoisotopic (exact) mass is 433 g/mol. The molecular formula is C24H23N3O3S. The summed E-state index contributed by atoms with van der Waals surface area (Å²) in [5.41, 5.74) is 3.63. The average Bonchev–Trinajstić information content (AvgIpc) is 3.12. The summed E-state index contributed by atoms with van der Waals surface area (Å²) in [5, 5.41) is 9.24. The van der Waals surface area contributed by atoms with E-state index in [9.17, 15) is 13.2 Å². The molecule has 1 aromatic heterocycles. The van der Waals surface area contributed by atoms with Crippen LogP contribution in [0.25, 0.3) is 22.2 Å². The number of para-hydroxylation sites is 1. The molecule has 1 atom stereocenters. The number of aromatic nitrogens is 1. The molecule has 1 amide bonds. The maximum absolute atomic E-state index is 12.9. The van der Waals surface area contributed by atoms with E-state index >= 15 is 0 Å². The molecule has 158 valence electrons. The van der Waals surface area contributed by atoms with Crippen molar-refractivity contribution in [1.29, 1.82) is 0 Å². The molecule has 1 unspecified atom stereocenters. The lowest BCUT2D eigenvalue weighted by Crippen LogP contribution is -2.30. The minimum atomic E-state index is -3.81. The molecule has 0 saturated heterocycles. The Morgan fingerprint density at radius 3 is 2.42 bits per heavy atom. The van der Waals surface area contributed by atoms with E-state index in [0.717, 1.165) is 22.2 Å². The summed E-state index contributed by atoms with van der Waals surface area (Å²) in [5.74, 6) is -0.174. The molecule has 0 aliphatic heterocycles. The predicted octanol–water partition coefficient (Wildman–Crippen LogP) is 3.83. The number of hydrogen-bond acceptors (Lipinski definition) is 3. The molecule has 4 aromatic rings. The minimum Gasteiger partial charge on any atom is -0.348 e. The minimum absolute atomic E-state index is 0.0221. The second-order valence-corrected chi connectivity index (χ2v) is 9.01. The summed E-state index contributed by atoms with van der Waals surface area (Å²) >= 11 is 0. The first-order chi connectivity index (χ1) is 14.8. The fourth-order valence-electron chi connectivity index (χ4n) is 3.70. The number of nitrogens with one attached hydrogen (secondary N) is 1. The van der Waals surface area contributed by atoms with Crippen molar-refractivity contribution >= 4 is 26.8 Å². The van der Waals surface area contributed by atoms with Crippen LogP contribution >= 0.6 is 0 Å². The van der Waals surface area contributed by atoms with Crippen molar-refractivity contribution in [3.8, 4) is 11.3 Å². The fourth-order valence-corrected chi connectivity index (χ4v) is 4.27. The molecule has 0 bridgehead atoms. The lowest BCUT2D eigenvalue weighted by Gasteiger charge is -2.17. The zero-order valence-corrected chi connectivity index (χ0v) is 17.8. The number of carbonyl (C=O) groups is 1. The van der Waals surface area contributed by atoms with Crippen molar-refractivity contribution in [1.82, 2.24) is 9.88 Å². The third-order valence-electron chi connectivity index (χ3n) is 5.25. The van der Waals surface area contributed by atoms with Gasteiger partial charge in [-0.25, -0.2) is 13.6 Å². The van der Waals surface area contributed by atoms with Gasteiger partial charge in [0.05, 0.1) is 10.9 Å². The van der Waals surface area contributed by atoms with Crippen molar-refractivity contribution in [2.24, 2.45) is 5.14 Å². The second-order valence-electron chi connectivity index (χ2n) is 7.45. The molecule has 3 N–H and O–H groups in total. The third kappa shape index (κ3) is 4.52. The summed E-state index contributed by atoms with van der Waals surface area (Å²) in [6.45, 7) is 1.95. The smallest absolute Gasteiger partial charge is 0.240 e. The zero-order chi connectivity index (χ0) is 22.0. The molecule has 0 radical (unpaired) electrons. The van der Waals surface area contributed by atoms with Gasteiger partial charge in [-0.2, -0.15) is 0 Å². The molecule has 0 aliphatic rings. The summed E-state index contributed by atoms with van der Waals surface area (Å²) in [6, 6.07) is 25.9. The van der Waals surface area contributed by atoms with Crippen LogP contribution in [0.1, 0.15) is 18.5 Å². The number of primary sulfonamides is 1. The topological polar surface area (TPSA) is 94.2 Å². The Hall–Kier alpha value is -3.42. The van der Waals surface area contributed by atoms with Crippen LogP contribution in [0.15, 0.2) is 89.8 Å². The number of amides is 1. The van der Waals surface area contributed by atoms with E-state index in [1.54, 1.807) is 12.1 Å². The van der Waals surface area contributed by atoms with E-state index in [2.05, 4.69) is 11.4 Å². The number of benzene rings is 3. The van der Waals surface area contributed by atoms with Crippen molar-refractivity contribution in [3.63, 3.8) is 0 Å². The predicted molar refractivity (Wildman–Crippen MR) is 122 cm³/mol. The van der Waals surface area contributed by atoms with Gasteiger partial charge in [-0.15, -0.1) is 0 Å². The maximum atomic E-state index is 12.9. The van der Waals surface area contributed by atoms with Crippen molar-refractivity contribution < 1.29 is 13.2 Å². The van der Waals surface area contributed by atoms with Gasteiger partial charge in [-0.05, 0) is 42.3 Å². The SMILES string of the molecule is CC(NC(=O)Cn1c(-c2ccccc2)cc2ccccc21)c1cccc(S(N)(=O)=O)c1. The highest BCUT2D eigenvalue weighted by Crippen LogP contribution is 2.28. The molecule has 31 heavy (non-hydrogen) atoms.